The van der Waals surface area contributed by atoms with E-state index in [1.807, 2.05) is 6.08 Å². The van der Waals surface area contributed by atoms with Crippen molar-refractivity contribution in [2.24, 2.45) is 11.8 Å². The summed E-state index contributed by atoms with van der Waals surface area (Å²) in [6.07, 6.45) is 4.81. The van der Waals surface area contributed by atoms with Crippen molar-refractivity contribution < 1.29 is 0 Å². The molecule has 1 N–H and O–H groups in total. The van der Waals surface area contributed by atoms with Crippen LogP contribution in [0.3, 0.4) is 0 Å². The van der Waals surface area contributed by atoms with Crippen LogP contribution in [0.1, 0.15) is 19.8 Å². The van der Waals surface area contributed by atoms with Gasteiger partial charge in [-0.15, -0.1) is 0 Å². The Balaban J connectivity index is 1.93. The van der Waals surface area contributed by atoms with Crippen LogP contribution in [0.4, 0.5) is 0 Å². The van der Waals surface area contributed by atoms with E-state index in [2.05, 4.69) is 12.2 Å². The molecule has 0 aliphatic heterocycles. The van der Waals surface area contributed by atoms with Crippen LogP contribution < -0.4 is 5.32 Å². The number of hydrogen-bond acceptors (Lipinski definition) is 1. The highest BCUT2D eigenvalue weighted by molar-refractivity contribution is 6.25. The summed E-state index contributed by atoms with van der Waals surface area (Å²) in [5.74, 6) is 1.85. The van der Waals surface area contributed by atoms with E-state index in [1.165, 1.54) is 12.8 Å². The average molecular weight is 174 g/mol. The van der Waals surface area contributed by atoms with Crippen LogP contribution in [0.15, 0.2) is 11.6 Å². The van der Waals surface area contributed by atoms with Crippen LogP contribution in [-0.4, -0.2) is 13.1 Å². The minimum absolute atomic E-state index is 0.846. The summed E-state index contributed by atoms with van der Waals surface area (Å²) >= 11 is 5.37. The lowest BCUT2D eigenvalue weighted by molar-refractivity contribution is 0.474. The molecule has 0 aromatic rings. The highest BCUT2D eigenvalue weighted by Gasteiger charge is 2.26. The van der Waals surface area contributed by atoms with Crippen LogP contribution in [0.5, 0.6) is 0 Å². The highest BCUT2D eigenvalue weighted by atomic mass is 35.5. The Morgan fingerprint density at radius 2 is 2.36 bits per heavy atom. The van der Waals surface area contributed by atoms with Gasteiger partial charge in [0.1, 0.15) is 0 Å². The zero-order chi connectivity index (χ0) is 8.10. The van der Waals surface area contributed by atoms with E-state index in [1.54, 1.807) is 5.54 Å². The van der Waals surface area contributed by atoms with Gasteiger partial charge in [-0.05, 0) is 31.2 Å². The minimum atomic E-state index is 0.846. The predicted molar refractivity (Wildman–Crippen MR) is 49.8 cm³/mol. The summed E-state index contributed by atoms with van der Waals surface area (Å²) in [5, 5.41) is 3.34. The molecule has 64 valence electrons. The molecule has 11 heavy (non-hydrogen) atoms. The van der Waals surface area contributed by atoms with Crippen molar-refractivity contribution in [3.8, 4) is 0 Å². The highest BCUT2D eigenvalue weighted by Crippen LogP contribution is 2.35. The topological polar surface area (TPSA) is 12.0 Å². The first-order valence-corrected chi connectivity index (χ1v) is 4.74. The molecule has 0 aromatic heterocycles. The van der Waals surface area contributed by atoms with Gasteiger partial charge in [0, 0.05) is 12.1 Å². The fourth-order valence-corrected chi connectivity index (χ4v) is 1.36. The van der Waals surface area contributed by atoms with E-state index >= 15 is 0 Å². The van der Waals surface area contributed by atoms with Crippen molar-refractivity contribution in [1.82, 2.24) is 5.32 Å². The third kappa shape index (κ3) is 3.78. The van der Waals surface area contributed by atoms with Crippen molar-refractivity contribution in [1.29, 1.82) is 0 Å². The van der Waals surface area contributed by atoms with Crippen molar-refractivity contribution in [3.63, 3.8) is 0 Å². The number of rotatable bonds is 5. The van der Waals surface area contributed by atoms with Gasteiger partial charge < -0.3 is 5.32 Å². The molecule has 1 aliphatic carbocycles. The molecular formula is C9H16ClN. The second-order valence-electron chi connectivity index (χ2n) is 3.33. The maximum atomic E-state index is 5.37. The van der Waals surface area contributed by atoms with Crippen LogP contribution in [0.25, 0.3) is 0 Å². The Morgan fingerprint density at radius 1 is 1.64 bits per heavy atom. The summed E-state index contributed by atoms with van der Waals surface area (Å²) in [4.78, 5) is 0. The number of nitrogens with one attached hydrogen (secondary N) is 1. The summed E-state index contributed by atoms with van der Waals surface area (Å²) in [7, 11) is 0. The summed E-state index contributed by atoms with van der Waals surface area (Å²) in [6, 6.07) is 0. The smallest absolute Gasteiger partial charge is 0.0146 e. The molecule has 1 atom stereocenters. The molecule has 1 aliphatic rings. The predicted octanol–water partition coefficient (Wildman–Crippen LogP) is 2.37. The molecule has 0 saturated heterocycles. The molecule has 1 unspecified atom stereocenters. The second-order valence-corrected chi connectivity index (χ2v) is 3.59. The van der Waals surface area contributed by atoms with Crippen LogP contribution in [0.2, 0.25) is 0 Å². The fourth-order valence-electron chi connectivity index (χ4n) is 1.27. The van der Waals surface area contributed by atoms with E-state index in [0.29, 0.717) is 0 Å². The summed E-state index contributed by atoms with van der Waals surface area (Å²) < 4.78 is 0. The number of hydrogen-bond donors (Lipinski definition) is 1. The molecule has 1 saturated carbocycles. The summed E-state index contributed by atoms with van der Waals surface area (Å²) in [6.45, 7) is 4.35. The lowest BCUT2D eigenvalue weighted by Gasteiger charge is -2.08. The van der Waals surface area contributed by atoms with Gasteiger partial charge in [0.15, 0.2) is 0 Å². The van der Waals surface area contributed by atoms with Gasteiger partial charge in [0.25, 0.3) is 0 Å². The van der Waals surface area contributed by atoms with Crippen LogP contribution in [-0.2, 0) is 0 Å². The van der Waals surface area contributed by atoms with Gasteiger partial charge in [-0.1, -0.05) is 24.6 Å². The molecule has 0 heterocycles. The van der Waals surface area contributed by atoms with Gasteiger partial charge in [-0.25, -0.2) is 0 Å². The van der Waals surface area contributed by atoms with Gasteiger partial charge in [0.05, 0.1) is 0 Å². The van der Waals surface area contributed by atoms with Crippen molar-refractivity contribution in [2.45, 2.75) is 19.8 Å². The average Bonchev–Trinajstić information content (AvgIpc) is 2.79. The lowest BCUT2D eigenvalue weighted by Crippen LogP contribution is -2.22. The number of halogens is 1. The fraction of sp³-hybridized carbons (Fsp3) is 0.778. The minimum Gasteiger partial charge on any atom is -0.313 e. The van der Waals surface area contributed by atoms with E-state index in [4.69, 9.17) is 11.6 Å². The lowest BCUT2D eigenvalue weighted by atomic mass is 10.1. The van der Waals surface area contributed by atoms with Crippen LogP contribution >= 0.6 is 11.6 Å². The molecule has 1 nitrogen and oxygen atoms in total. The van der Waals surface area contributed by atoms with Gasteiger partial charge >= 0.3 is 0 Å². The molecule has 1 fully saturated rings. The normalized spacial score (nSPS) is 20.9. The second kappa shape index (κ2) is 4.78. The maximum absolute atomic E-state index is 5.37. The van der Waals surface area contributed by atoms with Crippen LogP contribution in [0, 0.1) is 11.8 Å². The van der Waals surface area contributed by atoms with Crippen molar-refractivity contribution in [3.05, 3.63) is 11.6 Å². The largest absolute Gasteiger partial charge is 0.313 e. The van der Waals surface area contributed by atoms with E-state index in [9.17, 15) is 0 Å². The molecule has 0 bridgehead atoms. The van der Waals surface area contributed by atoms with Gasteiger partial charge in [0.2, 0.25) is 0 Å². The molecular weight excluding hydrogens is 158 g/mol. The third-order valence-electron chi connectivity index (χ3n) is 2.24. The molecule has 0 radical (unpaired) electrons. The first-order valence-electron chi connectivity index (χ1n) is 4.30. The Hall–Kier alpha value is -0.0100. The Bertz CT molecular complexity index is 130. The first kappa shape index (κ1) is 9.08. The third-order valence-corrected chi connectivity index (χ3v) is 2.42. The first-order chi connectivity index (χ1) is 5.34. The van der Waals surface area contributed by atoms with Crippen molar-refractivity contribution >= 4 is 11.6 Å². The van der Waals surface area contributed by atoms with E-state index in [0.717, 1.165) is 24.9 Å². The van der Waals surface area contributed by atoms with Gasteiger partial charge in [-0.3, -0.25) is 0 Å². The standard InChI is InChI=1S/C9H16ClN/c1-8(9-3-4-9)7-11-6-2-5-10/h2,5,8-9,11H,3-4,6-7H2,1H3/b5-2+. The maximum Gasteiger partial charge on any atom is 0.0146 e. The monoisotopic (exact) mass is 173 g/mol. The van der Waals surface area contributed by atoms with Gasteiger partial charge in [-0.2, -0.15) is 0 Å². The van der Waals surface area contributed by atoms with E-state index in [-0.39, 0.29) is 0 Å². The molecule has 0 aromatic carbocycles. The summed E-state index contributed by atoms with van der Waals surface area (Å²) in [5.41, 5.74) is 1.56. The zero-order valence-corrected chi connectivity index (χ0v) is 7.77. The Labute approximate surface area is 73.8 Å². The quantitative estimate of drug-likeness (QED) is 0.630. The molecule has 0 spiro atoms. The SMILES string of the molecule is CC(CNC/C=C/Cl)C1CC1. The zero-order valence-electron chi connectivity index (χ0n) is 7.02. The Morgan fingerprint density at radius 3 is 2.91 bits per heavy atom. The molecule has 0 amide bonds. The van der Waals surface area contributed by atoms with E-state index < -0.39 is 0 Å². The molecule has 1 rings (SSSR count). The Kier molecular flexibility index (Phi) is 3.95. The van der Waals surface area contributed by atoms with Crippen molar-refractivity contribution in [2.75, 3.05) is 13.1 Å². The molecule has 2 heteroatoms.